The third-order valence-corrected chi connectivity index (χ3v) is 4.22. The number of carbonyl (C=O) groups is 1. The van der Waals surface area contributed by atoms with Crippen molar-refractivity contribution in [3.63, 3.8) is 0 Å². The largest absolute Gasteiger partial charge is 0.497 e. The summed E-state index contributed by atoms with van der Waals surface area (Å²) in [6, 6.07) is 12.8. The highest BCUT2D eigenvalue weighted by molar-refractivity contribution is 5.93. The Morgan fingerprint density at radius 1 is 1.12 bits per heavy atom. The summed E-state index contributed by atoms with van der Waals surface area (Å²) < 4.78 is 18.3. The number of methoxy groups -OCH3 is 1. The van der Waals surface area contributed by atoms with Gasteiger partial charge in [-0.2, -0.15) is 0 Å². The average molecular weight is 341 g/mol. The first-order valence-corrected chi connectivity index (χ1v) is 8.08. The van der Waals surface area contributed by atoms with Gasteiger partial charge in [0.2, 0.25) is 0 Å². The molecule has 0 aromatic heterocycles. The van der Waals surface area contributed by atoms with E-state index < -0.39 is 0 Å². The molecular formula is C20H20FNO3. The molecule has 0 aliphatic carbocycles. The van der Waals surface area contributed by atoms with Crippen molar-refractivity contribution in [2.45, 2.75) is 26.0 Å². The lowest BCUT2D eigenvalue weighted by Crippen LogP contribution is -2.42. The Morgan fingerprint density at radius 3 is 2.36 bits per heavy atom. The number of nitrogens with zero attached hydrogens (tertiary/aromatic N) is 1. The van der Waals surface area contributed by atoms with Gasteiger partial charge in [0.15, 0.2) is 0 Å². The van der Waals surface area contributed by atoms with Crippen molar-refractivity contribution in [1.29, 1.82) is 0 Å². The minimum Gasteiger partial charge on any atom is -0.497 e. The maximum absolute atomic E-state index is 13.1. The second-order valence-corrected chi connectivity index (χ2v) is 6.05. The first-order chi connectivity index (χ1) is 12.0. The van der Waals surface area contributed by atoms with Crippen molar-refractivity contribution >= 4 is 5.91 Å². The van der Waals surface area contributed by atoms with Crippen LogP contribution in [0, 0.1) is 5.82 Å². The number of benzene rings is 2. The molecule has 4 nitrogen and oxygen atoms in total. The highest BCUT2D eigenvalue weighted by Crippen LogP contribution is 2.33. The summed E-state index contributed by atoms with van der Waals surface area (Å²) in [5.41, 5.74) is 2.34. The lowest BCUT2D eigenvalue weighted by molar-refractivity contribution is -0.175. The SMILES string of the molecule is COc1ccc(C2ON(C(=O)c3ccc(F)cc3)C(C)C=C2C)cc1. The molecule has 2 aromatic carbocycles. The van der Waals surface area contributed by atoms with E-state index in [4.69, 9.17) is 9.57 Å². The van der Waals surface area contributed by atoms with Crippen molar-refractivity contribution < 1.29 is 18.8 Å². The van der Waals surface area contributed by atoms with E-state index >= 15 is 0 Å². The van der Waals surface area contributed by atoms with Crippen LogP contribution in [0.5, 0.6) is 5.75 Å². The molecule has 1 amide bonds. The van der Waals surface area contributed by atoms with Crippen LogP contribution in [0.25, 0.3) is 0 Å². The minimum absolute atomic E-state index is 0.216. The van der Waals surface area contributed by atoms with Crippen LogP contribution >= 0.6 is 0 Å². The second-order valence-electron chi connectivity index (χ2n) is 6.05. The van der Waals surface area contributed by atoms with E-state index in [1.807, 2.05) is 44.2 Å². The Morgan fingerprint density at radius 2 is 1.76 bits per heavy atom. The van der Waals surface area contributed by atoms with Crippen LogP contribution in [0.2, 0.25) is 0 Å². The number of hydrogen-bond acceptors (Lipinski definition) is 3. The summed E-state index contributed by atoms with van der Waals surface area (Å²) in [4.78, 5) is 18.7. The zero-order chi connectivity index (χ0) is 18.0. The number of carbonyl (C=O) groups excluding carboxylic acids is 1. The van der Waals surface area contributed by atoms with E-state index in [1.54, 1.807) is 7.11 Å². The molecule has 0 spiro atoms. The van der Waals surface area contributed by atoms with Crippen LogP contribution in [0.4, 0.5) is 4.39 Å². The lowest BCUT2D eigenvalue weighted by Gasteiger charge is -2.36. The number of halogens is 1. The van der Waals surface area contributed by atoms with Gasteiger partial charge < -0.3 is 4.74 Å². The number of hydrogen-bond donors (Lipinski definition) is 0. The number of ether oxygens (including phenoxy) is 1. The number of amides is 1. The zero-order valence-electron chi connectivity index (χ0n) is 14.4. The molecule has 1 heterocycles. The molecule has 1 aliphatic rings. The molecule has 0 N–H and O–H groups in total. The monoisotopic (exact) mass is 341 g/mol. The van der Waals surface area contributed by atoms with Crippen molar-refractivity contribution in [3.8, 4) is 5.75 Å². The van der Waals surface area contributed by atoms with Gasteiger partial charge in [-0.05, 0) is 61.4 Å². The highest BCUT2D eigenvalue weighted by atomic mass is 19.1. The maximum atomic E-state index is 13.1. The zero-order valence-corrected chi connectivity index (χ0v) is 14.4. The number of rotatable bonds is 3. The standard InChI is InChI=1S/C20H20FNO3/c1-13-12-14(2)22(20(23)16-4-8-17(21)9-5-16)25-19(13)15-6-10-18(24-3)11-7-15/h4-12,14,19H,1-3H3. The van der Waals surface area contributed by atoms with Crippen LogP contribution < -0.4 is 4.74 Å². The van der Waals surface area contributed by atoms with Gasteiger partial charge in [0.1, 0.15) is 17.7 Å². The van der Waals surface area contributed by atoms with Gasteiger partial charge >= 0.3 is 0 Å². The van der Waals surface area contributed by atoms with E-state index in [0.29, 0.717) is 5.56 Å². The van der Waals surface area contributed by atoms with Gasteiger partial charge in [0.25, 0.3) is 5.91 Å². The molecule has 2 unspecified atom stereocenters. The van der Waals surface area contributed by atoms with E-state index in [0.717, 1.165) is 16.9 Å². The van der Waals surface area contributed by atoms with Crippen LogP contribution in [0.15, 0.2) is 60.2 Å². The van der Waals surface area contributed by atoms with Crippen molar-refractivity contribution in [1.82, 2.24) is 5.06 Å². The smallest absolute Gasteiger partial charge is 0.278 e. The fourth-order valence-corrected chi connectivity index (χ4v) is 2.88. The Hall–Kier alpha value is -2.66. The Balaban J connectivity index is 1.86. The summed E-state index contributed by atoms with van der Waals surface area (Å²) in [6.45, 7) is 3.86. The first-order valence-electron chi connectivity index (χ1n) is 8.08. The van der Waals surface area contributed by atoms with Gasteiger partial charge in [-0.3, -0.25) is 9.63 Å². The van der Waals surface area contributed by atoms with E-state index in [-0.39, 0.29) is 23.9 Å². The molecule has 25 heavy (non-hydrogen) atoms. The Bertz CT molecular complexity index is 784. The van der Waals surface area contributed by atoms with Gasteiger partial charge in [-0.25, -0.2) is 9.45 Å². The normalized spacial score (nSPS) is 20.2. The topological polar surface area (TPSA) is 38.8 Å². The van der Waals surface area contributed by atoms with E-state index in [2.05, 4.69) is 0 Å². The summed E-state index contributed by atoms with van der Waals surface area (Å²) in [5.74, 6) is 0.0829. The summed E-state index contributed by atoms with van der Waals surface area (Å²) in [6.07, 6.45) is 1.64. The van der Waals surface area contributed by atoms with Gasteiger partial charge in [-0.1, -0.05) is 18.2 Å². The second kappa shape index (κ2) is 7.07. The number of hydroxylamine groups is 2. The molecular weight excluding hydrogens is 321 g/mol. The first kappa shape index (κ1) is 17.2. The highest BCUT2D eigenvalue weighted by Gasteiger charge is 2.31. The van der Waals surface area contributed by atoms with E-state index in [9.17, 15) is 9.18 Å². The minimum atomic E-state index is -0.379. The predicted molar refractivity (Wildman–Crippen MR) is 92.6 cm³/mol. The van der Waals surface area contributed by atoms with Crippen molar-refractivity contribution in [3.05, 3.63) is 77.1 Å². The summed E-state index contributed by atoms with van der Waals surface area (Å²) in [7, 11) is 1.61. The van der Waals surface area contributed by atoms with Gasteiger partial charge in [-0.15, -0.1) is 0 Å². The molecule has 0 fully saturated rings. The van der Waals surface area contributed by atoms with Crippen molar-refractivity contribution in [2.24, 2.45) is 0 Å². The summed E-state index contributed by atoms with van der Waals surface area (Å²) >= 11 is 0. The fourth-order valence-electron chi connectivity index (χ4n) is 2.88. The van der Waals surface area contributed by atoms with Crippen LogP contribution in [0.1, 0.15) is 35.9 Å². The molecule has 130 valence electrons. The van der Waals surface area contributed by atoms with Gasteiger partial charge in [0, 0.05) is 5.56 Å². The Kier molecular flexibility index (Phi) is 4.86. The molecule has 0 saturated carbocycles. The Labute approximate surface area is 146 Å². The van der Waals surface area contributed by atoms with Crippen LogP contribution in [-0.4, -0.2) is 24.1 Å². The molecule has 2 aromatic rings. The van der Waals surface area contributed by atoms with Gasteiger partial charge in [0.05, 0.1) is 13.2 Å². The van der Waals surface area contributed by atoms with Crippen LogP contribution in [0.3, 0.4) is 0 Å². The third-order valence-electron chi connectivity index (χ3n) is 4.22. The molecule has 5 heteroatoms. The molecule has 0 saturated heterocycles. The van der Waals surface area contributed by atoms with Crippen molar-refractivity contribution in [2.75, 3.05) is 7.11 Å². The maximum Gasteiger partial charge on any atom is 0.278 e. The summed E-state index contributed by atoms with van der Waals surface area (Å²) in [5, 5.41) is 1.34. The quantitative estimate of drug-likeness (QED) is 0.782. The third kappa shape index (κ3) is 3.56. The molecule has 1 aliphatic heterocycles. The van der Waals surface area contributed by atoms with Crippen LogP contribution in [-0.2, 0) is 4.84 Å². The lowest BCUT2D eigenvalue weighted by atomic mass is 9.99. The fraction of sp³-hybridized carbons (Fsp3) is 0.250. The molecule has 2 atom stereocenters. The average Bonchev–Trinajstić information content (AvgIpc) is 2.62. The van der Waals surface area contributed by atoms with E-state index in [1.165, 1.54) is 29.3 Å². The molecule has 0 bridgehead atoms. The molecule has 3 rings (SSSR count). The predicted octanol–water partition coefficient (Wildman–Crippen LogP) is 4.30. The molecule has 0 radical (unpaired) electrons.